The van der Waals surface area contributed by atoms with Crippen molar-refractivity contribution in [2.45, 2.75) is 61.7 Å². The molecule has 1 aromatic heterocycles. The van der Waals surface area contributed by atoms with Gasteiger partial charge >= 0.3 is 6.03 Å². The molecule has 3 aliphatic carbocycles. The number of hydrogen-bond donors (Lipinski definition) is 2. The van der Waals surface area contributed by atoms with Gasteiger partial charge in [-0.05, 0) is 68.6 Å². The molecule has 1 unspecified atom stereocenters. The van der Waals surface area contributed by atoms with Crippen molar-refractivity contribution in [2.75, 3.05) is 32.4 Å². The highest BCUT2D eigenvalue weighted by atomic mass is 32.2. The van der Waals surface area contributed by atoms with Crippen LogP contribution in [0.5, 0.6) is 0 Å². The van der Waals surface area contributed by atoms with Crippen LogP contribution < -0.4 is 0 Å². The van der Waals surface area contributed by atoms with Gasteiger partial charge in [-0.1, -0.05) is 12.1 Å². The average Bonchev–Trinajstić information content (AvgIpc) is 3.44. The molecule has 1 atom stereocenters. The molecule has 2 saturated heterocycles. The summed E-state index contributed by atoms with van der Waals surface area (Å²) in [5.74, 6) is 3.76. The van der Waals surface area contributed by atoms with E-state index >= 15 is 0 Å². The summed E-state index contributed by atoms with van der Waals surface area (Å²) in [4.78, 5) is 22.4. The van der Waals surface area contributed by atoms with Crippen molar-refractivity contribution in [1.29, 1.82) is 4.78 Å². The van der Waals surface area contributed by atoms with Crippen molar-refractivity contribution < 1.29 is 9.00 Å². The smallest absolute Gasteiger partial charge is 0.320 e. The van der Waals surface area contributed by atoms with Gasteiger partial charge in [0.1, 0.15) is 5.82 Å². The highest BCUT2D eigenvalue weighted by Crippen LogP contribution is 2.57. The van der Waals surface area contributed by atoms with Gasteiger partial charge in [0, 0.05) is 60.0 Å². The molecule has 2 spiro atoms. The molecule has 0 radical (unpaired) electrons. The lowest BCUT2D eigenvalue weighted by Crippen LogP contribution is -2.70. The Kier molecular flexibility index (Phi) is 4.56. The van der Waals surface area contributed by atoms with Crippen molar-refractivity contribution in [3.8, 4) is 0 Å². The van der Waals surface area contributed by atoms with E-state index in [-0.39, 0.29) is 6.03 Å². The second-order valence-electron chi connectivity index (χ2n) is 12.4. The lowest BCUT2D eigenvalue weighted by Gasteiger charge is -2.63. The molecule has 9 heteroatoms. The summed E-state index contributed by atoms with van der Waals surface area (Å²) in [6.07, 6.45) is 9.47. The highest BCUT2D eigenvalue weighted by molar-refractivity contribution is 7.91. The highest BCUT2D eigenvalue weighted by Gasteiger charge is 2.58. The number of nitrogens with zero attached hydrogens (tertiary/aromatic N) is 4. The number of carbonyl (C=O) groups excluding carboxylic acids is 1. The van der Waals surface area contributed by atoms with Crippen molar-refractivity contribution in [2.24, 2.45) is 16.7 Å². The van der Waals surface area contributed by atoms with Crippen LogP contribution >= 0.6 is 0 Å². The second-order valence-corrected chi connectivity index (χ2v) is 14.6. The first kappa shape index (κ1) is 21.8. The number of likely N-dealkylation sites (tertiary alicyclic amines) is 2. The number of H-pyrrole nitrogens is 1. The summed E-state index contributed by atoms with van der Waals surface area (Å²) in [5.41, 5.74) is 1.80. The second kappa shape index (κ2) is 7.31. The molecule has 2 N–H and O–H groups in total. The van der Waals surface area contributed by atoms with E-state index in [1.165, 1.54) is 24.7 Å². The predicted molar refractivity (Wildman–Crippen MR) is 132 cm³/mol. The van der Waals surface area contributed by atoms with Crippen molar-refractivity contribution >= 4 is 15.8 Å². The fourth-order valence-electron chi connectivity index (χ4n) is 7.25. The third-order valence-corrected chi connectivity index (χ3v) is 10.3. The summed E-state index contributed by atoms with van der Waals surface area (Å²) < 4.78 is 19.9. The summed E-state index contributed by atoms with van der Waals surface area (Å²) in [6, 6.07) is 7.95. The van der Waals surface area contributed by atoms with Crippen LogP contribution in [0.1, 0.15) is 67.6 Å². The normalized spacial score (nSPS) is 26.5. The number of urea groups is 1. The number of rotatable bonds is 5. The standard InChI is InChI=1S/C26H34N6O2S/c1-35(27,34)21-4-2-3-17(8-21)7-18-9-25(10-18)13-31(14-25)24(33)32-15-26(16-32)11-20(12-26)23-28-22(29-30-23)19-5-6-19/h2-4,8,18-20,27H,5-7,9-16H2,1H3,(H,28,29,30). The quantitative estimate of drug-likeness (QED) is 0.656. The zero-order valence-corrected chi connectivity index (χ0v) is 21.1. The summed E-state index contributed by atoms with van der Waals surface area (Å²) in [6.45, 7) is 3.57. The van der Waals surface area contributed by atoms with Crippen LogP contribution in [-0.4, -0.2) is 67.7 Å². The van der Waals surface area contributed by atoms with Gasteiger partial charge < -0.3 is 9.80 Å². The van der Waals surface area contributed by atoms with Gasteiger partial charge in [-0.3, -0.25) is 5.10 Å². The van der Waals surface area contributed by atoms with Crippen LogP contribution in [0.15, 0.2) is 29.2 Å². The molecule has 3 heterocycles. The molecule has 2 amide bonds. The predicted octanol–water partition coefficient (Wildman–Crippen LogP) is 3.97. The monoisotopic (exact) mass is 494 g/mol. The Labute approximate surface area is 206 Å². The SMILES string of the molecule is CS(=N)(=O)c1cccc(CC2CC3(C2)CN(C(=O)N2CC4(CC(c5n[nH]c(C6CC6)n5)C4)C2)C3)c1. The van der Waals surface area contributed by atoms with E-state index in [4.69, 9.17) is 9.76 Å². The van der Waals surface area contributed by atoms with Crippen LogP contribution in [0.2, 0.25) is 0 Å². The number of nitrogens with one attached hydrogen (secondary N) is 2. The minimum absolute atomic E-state index is 0.225. The van der Waals surface area contributed by atoms with Gasteiger partial charge in [0.2, 0.25) is 0 Å². The Morgan fingerprint density at radius 2 is 1.74 bits per heavy atom. The van der Waals surface area contributed by atoms with E-state index < -0.39 is 9.73 Å². The maximum atomic E-state index is 13.0. The molecule has 3 saturated carbocycles. The van der Waals surface area contributed by atoms with E-state index in [1.54, 1.807) is 6.07 Å². The first-order valence-corrected chi connectivity index (χ1v) is 14.9. The Morgan fingerprint density at radius 1 is 1.09 bits per heavy atom. The molecule has 35 heavy (non-hydrogen) atoms. The molecular weight excluding hydrogens is 460 g/mol. The van der Waals surface area contributed by atoms with E-state index in [1.807, 2.05) is 21.9 Å². The first-order valence-electron chi connectivity index (χ1n) is 13.0. The number of benzene rings is 1. The topological polar surface area (TPSA) is 106 Å². The number of hydrogen-bond acceptors (Lipinski definition) is 5. The lowest BCUT2D eigenvalue weighted by atomic mass is 9.56. The summed E-state index contributed by atoms with van der Waals surface area (Å²) >= 11 is 0. The van der Waals surface area contributed by atoms with Crippen LogP contribution in [0, 0.1) is 21.5 Å². The fraction of sp³-hybridized carbons (Fsp3) is 0.654. The van der Waals surface area contributed by atoms with E-state index in [9.17, 15) is 9.00 Å². The minimum Gasteiger partial charge on any atom is -0.323 e. The first-order chi connectivity index (χ1) is 16.7. The molecule has 8 nitrogen and oxygen atoms in total. The van der Waals surface area contributed by atoms with Crippen LogP contribution in [0.25, 0.3) is 0 Å². The third kappa shape index (κ3) is 3.77. The molecule has 0 bridgehead atoms. The number of carbonyl (C=O) groups is 1. The Balaban J connectivity index is 0.855. The lowest BCUT2D eigenvalue weighted by molar-refractivity contribution is -0.100. The zero-order chi connectivity index (χ0) is 24.0. The zero-order valence-electron chi connectivity index (χ0n) is 20.3. The molecule has 186 valence electrons. The maximum absolute atomic E-state index is 13.0. The minimum atomic E-state index is -2.67. The number of aromatic nitrogens is 3. The Morgan fingerprint density at radius 3 is 2.37 bits per heavy atom. The van der Waals surface area contributed by atoms with Gasteiger partial charge in [-0.15, -0.1) is 0 Å². The maximum Gasteiger partial charge on any atom is 0.320 e. The number of amides is 2. The molecule has 5 aliphatic rings. The van der Waals surface area contributed by atoms with Crippen LogP contribution in [-0.2, 0) is 16.1 Å². The van der Waals surface area contributed by atoms with Gasteiger partial charge in [-0.25, -0.2) is 18.8 Å². The van der Waals surface area contributed by atoms with Gasteiger partial charge in [0.15, 0.2) is 5.82 Å². The van der Waals surface area contributed by atoms with E-state index in [0.29, 0.717) is 33.5 Å². The third-order valence-electron chi connectivity index (χ3n) is 9.17. The molecular formula is C26H34N6O2S. The Hall–Kier alpha value is -2.42. The molecule has 1 aromatic carbocycles. The summed E-state index contributed by atoms with van der Waals surface area (Å²) in [7, 11) is -2.67. The Bertz CT molecular complexity index is 1270. The average molecular weight is 495 g/mol. The van der Waals surface area contributed by atoms with Gasteiger partial charge in [-0.2, -0.15) is 5.10 Å². The van der Waals surface area contributed by atoms with Crippen molar-refractivity contribution in [3.63, 3.8) is 0 Å². The molecule has 2 aromatic rings. The van der Waals surface area contributed by atoms with Gasteiger partial charge in [0.05, 0.1) is 9.73 Å². The number of aromatic amines is 1. The summed E-state index contributed by atoms with van der Waals surface area (Å²) in [5, 5.41) is 7.59. The van der Waals surface area contributed by atoms with E-state index in [0.717, 1.165) is 69.9 Å². The molecule has 5 fully saturated rings. The van der Waals surface area contributed by atoms with Crippen molar-refractivity contribution in [3.05, 3.63) is 41.5 Å². The van der Waals surface area contributed by atoms with Crippen molar-refractivity contribution in [1.82, 2.24) is 25.0 Å². The fourth-order valence-corrected chi connectivity index (χ4v) is 7.96. The molecule has 2 aliphatic heterocycles. The van der Waals surface area contributed by atoms with Gasteiger partial charge in [0.25, 0.3) is 0 Å². The van der Waals surface area contributed by atoms with E-state index in [2.05, 4.69) is 16.3 Å². The van der Waals surface area contributed by atoms with Crippen LogP contribution in [0.4, 0.5) is 4.79 Å². The molecule has 7 rings (SSSR count). The largest absolute Gasteiger partial charge is 0.323 e. The van der Waals surface area contributed by atoms with Crippen LogP contribution in [0.3, 0.4) is 0 Å².